The topological polar surface area (TPSA) is 76.4 Å². The lowest BCUT2D eigenvalue weighted by molar-refractivity contribution is 0.0697. The number of imidazole rings is 1. The van der Waals surface area contributed by atoms with Crippen LogP contribution in [0.4, 0.5) is 11.6 Å². The Kier molecular flexibility index (Phi) is 4.91. The summed E-state index contributed by atoms with van der Waals surface area (Å²) in [7, 11) is 1.63. The van der Waals surface area contributed by atoms with Crippen LogP contribution >= 0.6 is 0 Å². The molecule has 0 saturated heterocycles. The molecule has 0 amide bonds. The molecule has 0 spiro atoms. The van der Waals surface area contributed by atoms with Crippen molar-refractivity contribution in [2.75, 3.05) is 12.4 Å². The van der Waals surface area contributed by atoms with Crippen LogP contribution in [0.15, 0.2) is 66.7 Å². The summed E-state index contributed by atoms with van der Waals surface area (Å²) in [5.74, 6) is 0.455. The molecule has 29 heavy (non-hydrogen) atoms. The quantitative estimate of drug-likeness (QED) is 0.495. The van der Waals surface area contributed by atoms with Gasteiger partial charge in [-0.1, -0.05) is 24.3 Å². The molecule has 6 nitrogen and oxygen atoms in total. The molecule has 3 aromatic carbocycles. The molecule has 4 rings (SSSR count). The molecule has 0 bridgehead atoms. The Labute approximate surface area is 168 Å². The number of fused-ring (bicyclic) bond motifs is 1. The number of hydrogen-bond acceptors (Lipinski definition) is 4. The van der Waals surface area contributed by atoms with Gasteiger partial charge >= 0.3 is 5.97 Å². The standard InChI is InChI=1S/C23H21N3O3/c1-15-5-3-4-6-17(15)14-26-21-12-7-16(22(27)28)13-20(21)25-23(26)24-18-8-10-19(29-2)11-9-18/h3-13H,14H2,1-2H3,(H,24,25)(H,27,28). The maximum Gasteiger partial charge on any atom is 0.335 e. The van der Waals surface area contributed by atoms with Crippen LogP contribution in [0.5, 0.6) is 5.75 Å². The lowest BCUT2D eigenvalue weighted by Gasteiger charge is -2.13. The number of aromatic carboxylic acids is 1. The van der Waals surface area contributed by atoms with Gasteiger partial charge in [0.05, 0.1) is 30.3 Å². The summed E-state index contributed by atoms with van der Waals surface area (Å²) < 4.78 is 7.28. The van der Waals surface area contributed by atoms with Crippen LogP contribution in [0.1, 0.15) is 21.5 Å². The third kappa shape index (κ3) is 3.78. The fourth-order valence-electron chi connectivity index (χ4n) is 3.28. The second-order valence-electron chi connectivity index (χ2n) is 6.81. The first-order valence-corrected chi connectivity index (χ1v) is 9.24. The van der Waals surface area contributed by atoms with E-state index in [-0.39, 0.29) is 5.56 Å². The van der Waals surface area contributed by atoms with Crippen molar-refractivity contribution in [3.8, 4) is 5.75 Å². The summed E-state index contributed by atoms with van der Waals surface area (Å²) >= 11 is 0. The Balaban J connectivity index is 1.79. The highest BCUT2D eigenvalue weighted by Crippen LogP contribution is 2.26. The lowest BCUT2D eigenvalue weighted by atomic mass is 10.1. The summed E-state index contributed by atoms with van der Waals surface area (Å²) in [5.41, 5.74) is 4.95. The molecule has 0 fully saturated rings. The average Bonchev–Trinajstić information content (AvgIpc) is 3.06. The summed E-state index contributed by atoms with van der Waals surface area (Å²) in [6.45, 7) is 2.70. The number of ether oxygens (including phenoxy) is 1. The predicted molar refractivity (Wildman–Crippen MR) is 113 cm³/mol. The number of aryl methyl sites for hydroxylation is 1. The Bertz CT molecular complexity index is 1180. The van der Waals surface area contributed by atoms with Crippen LogP contribution in [-0.2, 0) is 6.54 Å². The molecule has 0 radical (unpaired) electrons. The third-order valence-corrected chi connectivity index (χ3v) is 4.93. The molecular weight excluding hydrogens is 366 g/mol. The highest BCUT2D eigenvalue weighted by atomic mass is 16.5. The van der Waals surface area contributed by atoms with E-state index in [1.807, 2.05) is 42.5 Å². The largest absolute Gasteiger partial charge is 0.497 e. The molecule has 0 saturated carbocycles. The zero-order valence-corrected chi connectivity index (χ0v) is 16.2. The van der Waals surface area contributed by atoms with Crippen molar-refractivity contribution >= 4 is 28.6 Å². The number of carboxylic acids is 1. The average molecular weight is 387 g/mol. The second kappa shape index (κ2) is 7.67. The van der Waals surface area contributed by atoms with Gasteiger partial charge in [-0.3, -0.25) is 0 Å². The van der Waals surface area contributed by atoms with Crippen molar-refractivity contribution in [3.63, 3.8) is 0 Å². The van der Waals surface area contributed by atoms with Crippen LogP contribution < -0.4 is 10.1 Å². The number of carbonyl (C=O) groups is 1. The smallest absolute Gasteiger partial charge is 0.335 e. The summed E-state index contributed by atoms with van der Waals surface area (Å²) in [6.07, 6.45) is 0. The van der Waals surface area contributed by atoms with Gasteiger partial charge in [0.15, 0.2) is 0 Å². The first-order valence-electron chi connectivity index (χ1n) is 9.24. The molecule has 1 aromatic heterocycles. The van der Waals surface area contributed by atoms with E-state index in [0.29, 0.717) is 18.0 Å². The number of hydrogen-bond donors (Lipinski definition) is 2. The minimum atomic E-state index is -0.968. The van der Waals surface area contributed by atoms with Crippen molar-refractivity contribution in [1.82, 2.24) is 9.55 Å². The van der Waals surface area contributed by atoms with Gasteiger partial charge in [0.25, 0.3) is 0 Å². The highest BCUT2D eigenvalue weighted by molar-refractivity contribution is 5.93. The number of methoxy groups -OCH3 is 1. The molecule has 2 N–H and O–H groups in total. The third-order valence-electron chi connectivity index (χ3n) is 4.93. The Morgan fingerprint density at radius 3 is 2.55 bits per heavy atom. The minimum Gasteiger partial charge on any atom is -0.497 e. The van der Waals surface area contributed by atoms with E-state index in [4.69, 9.17) is 4.74 Å². The van der Waals surface area contributed by atoms with Crippen molar-refractivity contribution in [1.29, 1.82) is 0 Å². The van der Waals surface area contributed by atoms with Crippen LogP contribution in [0, 0.1) is 6.92 Å². The molecule has 0 aliphatic rings. The van der Waals surface area contributed by atoms with Crippen LogP contribution in [-0.4, -0.2) is 27.7 Å². The number of anilines is 2. The van der Waals surface area contributed by atoms with E-state index in [1.165, 1.54) is 11.1 Å². The number of nitrogens with one attached hydrogen (secondary N) is 1. The number of nitrogens with zero attached hydrogens (tertiary/aromatic N) is 2. The summed E-state index contributed by atoms with van der Waals surface area (Å²) in [4.78, 5) is 16.0. The van der Waals surface area contributed by atoms with Gasteiger partial charge in [0.1, 0.15) is 5.75 Å². The van der Waals surface area contributed by atoms with Crippen molar-refractivity contribution < 1.29 is 14.6 Å². The molecular formula is C23H21N3O3. The van der Waals surface area contributed by atoms with Crippen LogP contribution in [0.3, 0.4) is 0 Å². The van der Waals surface area contributed by atoms with E-state index >= 15 is 0 Å². The Morgan fingerprint density at radius 2 is 1.86 bits per heavy atom. The van der Waals surface area contributed by atoms with Gasteiger partial charge in [-0.15, -0.1) is 0 Å². The van der Waals surface area contributed by atoms with E-state index in [9.17, 15) is 9.90 Å². The van der Waals surface area contributed by atoms with E-state index < -0.39 is 5.97 Å². The van der Waals surface area contributed by atoms with E-state index in [0.717, 1.165) is 17.0 Å². The van der Waals surface area contributed by atoms with Gasteiger partial charge in [-0.25, -0.2) is 9.78 Å². The lowest BCUT2D eigenvalue weighted by Crippen LogP contribution is -2.06. The summed E-state index contributed by atoms with van der Waals surface area (Å²) in [6, 6.07) is 20.8. The maximum atomic E-state index is 11.4. The fourth-order valence-corrected chi connectivity index (χ4v) is 3.28. The molecule has 1 heterocycles. The number of rotatable bonds is 6. The van der Waals surface area contributed by atoms with Gasteiger partial charge in [0.2, 0.25) is 5.95 Å². The number of aromatic nitrogens is 2. The van der Waals surface area contributed by atoms with Crippen molar-refractivity contribution in [2.45, 2.75) is 13.5 Å². The van der Waals surface area contributed by atoms with E-state index in [1.54, 1.807) is 19.2 Å². The molecule has 0 atom stereocenters. The molecule has 146 valence electrons. The fraction of sp³-hybridized carbons (Fsp3) is 0.130. The van der Waals surface area contributed by atoms with Crippen molar-refractivity contribution in [2.24, 2.45) is 0 Å². The van der Waals surface area contributed by atoms with Crippen molar-refractivity contribution in [3.05, 3.63) is 83.4 Å². The van der Waals surface area contributed by atoms with Gasteiger partial charge in [-0.2, -0.15) is 0 Å². The predicted octanol–water partition coefficient (Wildman–Crippen LogP) is 4.84. The van der Waals surface area contributed by atoms with Crippen LogP contribution in [0.2, 0.25) is 0 Å². The first-order chi connectivity index (χ1) is 14.0. The minimum absolute atomic E-state index is 0.217. The molecule has 6 heteroatoms. The number of carboxylic acid groups (broad SMARTS) is 1. The summed E-state index contributed by atoms with van der Waals surface area (Å²) in [5, 5.41) is 12.7. The van der Waals surface area contributed by atoms with Gasteiger partial charge in [0, 0.05) is 5.69 Å². The van der Waals surface area contributed by atoms with Gasteiger partial charge < -0.3 is 19.7 Å². The highest BCUT2D eigenvalue weighted by Gasteiger charge is 2.14. The zero-order valence-electron chi connectivity index (χ0n) is 16.2. The van der Waals surface area contributed by atoms with Crippen LogP contribution in [0.25, 0.3) is 11.0 Å². The van der Waals surface area contributed by atoms with E-state index in [2.05, 4.69) is 33.9 Å². The SMILES string of the molecule is COc1ccc(Nc2nc3cc(C(=O)O)ccc3n2Cc2ccccc2C)cc1. The van der Waals surface area contributed by atoms with Gasteiger partial charge in [-0.05, 0) is 60.5 Å². The Morgan fingerprint density at radius 1 is 1.10 bits per heavy atom. The number of benzene rings is 3. The monoisotopic (exact) mass is 387 g/mol. The molecule has 0 aliphatic carbocycles. The first kappa shape index (κ1) is 18.6. The molecule has 0 aliphatic heterocycles. The normalized spacial score (nSPS) is 10.8. The zero-order chi connectivity index (χ0) is 20.4. The molecule has 4 aromatic rings. The molecule has 0 unspecified atom stereocenters. The maximum absolute atomic E-state index is 11.4. The second-order valence-corrected chi connectivity index (χ2v) is 6.81. The Hall–Kier alpha value is -3.80.